The predicted molar refractivity (Wildman–Crippen MR) is 86.5 cm³/mol. The summed E-state index contributed by atoms with van der Waals surface area (Å²) in [4.78, 5) is 4.88. The minimum atomic E-state index is 0.419. The van der Waals surface area contributed by atoms with Crippen molar-refractivity contribution >= 4 is 11.3 Å². The fourth-order valence-corrected chi connectivity index (χ4v) is 2.93. The molecule has 0 aliphatic heterocycles. The summed E-state index contributed by atoms with van der Waals surface area (Å²) in [6.45, 7) is 5.62. The zero-order valence-corrected chi connectivity index (χ0v) is 12.6. The molecule has 0 radical (unpaired) electrons. The summed E-state index contributed by atoms with van der Waals surface area (Å²) in [5, 5.41) is 0. The zero-order valence-electron chi connectivity index (χ0n) is 11.8. The van der Waals surface area contributed by atoms with Crippen LogP contribution in [0.4, 0.5) is 0 Å². The molecule has 2 N–H and O–H groups in total. The number of hydrogen-bond donors (Lipinski definition) is 1. The molecule has 2 aromatic rings. The molecule has 1 aromatic carbocycles. The van der Waals surface area contributed by atoms with Gasteiger partial charge in [0, 0.05) is 18.0 Å². The predicted octanol–water partition coefficient (Wildman–Crippen LogP) is 3.08. The highest BCUT2D eigenvalue weighted by Gasteiger charge is 2.06. The van der Waals surface area contributed by atoms with Gasteiger partial charge >= 0.3 is 0 Å². The van der Waals surface area contributed by atoms with E-state index in [9.17, 15) is 0 Å². The average Bonchev–Trinajstić information content (AvgIpc) is 2.93. The second kappa shape index (κ2) is 7.86. The SMILES string of the molecule is CCN(Cc1ccccc1)Cc1ccc(C#CCN)s1. The van der Waals surface area contributed by atoms with Gasteiger partial charge in [0.2, 0.25) is 0 Å². The van der Waals surface area contributed by atoms with Crippen LogP contribution in [0.2, 0.25) is 0 Å². The van der Waals surface area contributed by atoms with Gasteiger partial charge in [0.1, 0.15) is 0 Å². The summed E-state index contributed by atoms with van der Waals surface area (Å²) in [6.07, 6.45) is 0. The van der Waals surface area contributed by atoms with Crippen LogP contribution in [-0.2, 0) is 13.1 Å². The van der Waals surface area contributed by atoms with Crippen LogP contribution in [0.3, 0.4) is 0 Å². The Hall–Kier alpha value is -1.60. The molecule has 104 valence electrons. The second-order valence-corrected chi connectivity index (χ2v) is 5.73. The summed E-state index contributed by atoms with van der Waals surface area (Å²) >= 11 is 1.76. The van der Waals surface area contributed by atoms with E-state index < -0.39 is 0 Å². The van der Waals surface area contributed by atoms with E-state index in [0.717, 1.165) is 24.5 Å². The Morgan fingerprint density at radius 1 is 1.10 bits per heavy atom. The monoisotopic (exact) mass is 284 g/mol. The van der Waals surface area contributed by atoms with Gasteiger partial charge in [-0.15, -0.1) is 11.3 Å². The van der Waals surface area contributed by atoms with Gasteiger partial charge in [0.15, 0.2) is 0 Å². The lowest BCUT2D eigenvalue weighted by atomic mass is 10.2. The van der Waals surface area contributed by atoms with E-state index in [0.29, 0.717) is 6.54 Å². The quantitative estimate of drug-likeness (QED) is 0.855. The van der Waals surface area contributed by atoms with Gasteiger partial charge in [-0.1, -0.05) is 49.1 Å². The molecule has 0 bridgehead atoms. The Balaban J connectivity index is 1.97. The van der Waals surface area contributed by atoms with Gasteiger partial charge < -0.3 is 5.73 Å². The Kier molecular flexibility index (Phi) is 5.82. The molecule has 1 heterocycles. The molecule has 0 spiro atoms. The fraction of sp³-hybridized carbons (Fsp3) is 0.294. The van der Waals surface area contributed by atoms with Crippen LogP contribution in [-0.4, -0.2) is 18.0 Å². The third-order valence-corrected chi connectivity index (χ3v) is 4.04. The van der Waals surface area contributed by atoms with Gasteiger partial charge in [0.05, 0.1) is 11.4 Å². The van der Waals surface area contributed by atoms with Gasteiger partial charge in [0.25, 0.3) is 0 Å². The molecule has 0 saturated carbocycles. The Labute approximate surface area is 125 Å². The first kappa shape index (κ1) is 14.8. The summed E-state index contributed by atoms with van der Waals surface area (Å²) in [5.74, 6) is 5.99. The van der Waals surface area contributed by atoms with E-state index in [2.05, 4.69) is 66.1 Å². The van der Waals surface area contributed by atoms with Gasteiger partial charge in [-0.2, -0.15) is 0 Å². The van der Waals surface area contributed by atoms with Gasteiger partial charge in [-0.25, -0.2) is 0 Å². The molecule has 2 rings (SSSR count). The van der Waals surface area contributed by atoms with Crippen LogP contribution in [0, 0.1) is 11.8 Å². The third-order valence-electron chi connectivity index (χ3n) is 3.05. The zero-order chi connectivity index (χ0) is 14.2. The first-order valence-corrected chi connectivity index (χ1v) is 7.67. The first-order chi connectivity index (χ1) is 9.81. The van der Waals surface area contributed by atoms with Crippen molar-refractivity contribution < 1.29 is 0 Å². The number of hydrogen-bond acceptors (Lipinski definition) is 3. The molecule has 0 aliphatic carbocycles. The highest BCUT2D eigenvalue weighted by molar-refractivity contribution is 7.12. The van der Waals surface area contributed by atoms with E-state index in [1.54, 1.807) is 11.3 Å². The smallest absolute Gasteiger partial charge is 0.0772 e. The van der Waals surface area contributed by atoms with Crippen LogP contribution in [0.1, 0.15) is 22.2 Å². The molecule has 0 saturated heterocycles. The molecule has 2 nitrogen and oxygen atoms in total. The molecular formula is C17H20N2S. The topological polar surface area (TPSA) is 29.3 Å². The largest absolute Gasteiger partial charge is 0.320 e. The number of rotatable bonds is 5. The van der Waals surface area contributed by atoms with Gasteiger partial charge in [-0.3, -0.25) is 4.90 Å². The van der Waals surface area contributed by atoms with Crippen LogP contribution in [0.15, 0.2) is 42.5 Å². The molecule has 0 amide bonds. The van der Waals surface area contributed by atoms with Crippen LogP contribution in [0.5, 0.6) is 0 Å². The van der Waals surface area contributed by atoms with Crippen molar-refractivity contribution in [2.75, 3.05) is 13.1 Å². The second-order valence-electron chi connectivity index (χ2n) is 4.56. The number of nitrogens with two attached hydrogens (primary N) is 1. The van der Waals surface area contributed by atoms with Crippen LogP contribution < -0.4 is 5.73 Å². The third kappa shape index (κ3) is 4.50. The minimum Gasteiger partial charge on any atom is -0.320 e. The Bertz CT molecular complexity index is 578. The molecule has 3 heteroatoms. The van der Waals surface area contributed by atoms with E-state index in [-0.39, 0.29) is 0 Å². The maximum atomic E-state index is 5.39. The molecule has 0 fully saturated rings. The normalized spacial score (nSPS) is 10.3. The first-order valence-electron chi connectivity index (χ1n) is 6.85. The summed E-state index contributed by atoms with van der Waals surface area (Å²) in [7, 11) is 0. The molecule has 0 atom stereocenters. The lowest BCUT2D eigenvalue weighted by molar-refractivity contribution is 0.274. The number of nitrogens with zero attached hydrogens (tertiary/aromatic N) is 1. The van der Waals surface area contributed by atoms with E-state index in [1.807, 2.05) is 0 Å². The fourth-order valence-electron chi connectivity index (χ4n) is 2.01. The summed E-state index contributed by atoms with van der Waals surface area (Å²) in [5.41, 5.74) is 6.75. The van der Waals surface area contributed by atoms with Gasteiger partial charge in [-0.05, 0) is 24.2 Å². The van der Waals surface area contributed by atoms with Crippen molar-refractivity contribution in [3.63, 3.8) is 0 Å². The standard InChI is InChI=1S/C17H20N2S/c1-2-19(13-15-7-4-3-5-8-15)14-17-11-10-16(20-17)9-6-12-18/h3-5,7-8,10-11H,2,12-14,18H2,1H3. The van der Waals surface area contributed by atoms with Crippen molar-refractivity contribution in [1.29, 1.82) is 0 Å². The molecular weight excluding hydrogens is 264 g/mol. The van der Waals surface area contributed by atoms with Crippen molar-refractivity contribution in [3.05, 3.63) is 57.8 Å². The summed E-state index contributed by atoms with van der Waals surface area (Å²) in [6, 6.07) is 14.8. The Morgan fingerprint density at radius 2 is 1.90 bits per heavy atom. The van der Waals surface area contributed by atoms with Crippen molar-refractivity contribution in [2.45, 2.75) is 20.0 Å². The lowest BCUT2D eigenvalue weighted by Gasteiger charge is -2.19. The van der Waals surface area contributed by atoms with Crippen LogP contribution in [0.25, 0.3) is 0 Å². The van der Waals surface area contributed by atoms with E-state index >= 15 is 0 Å². The van der Waals surface area contributed by atoms with E-state index in [1.165, 1.54) is 10.4 Å². The maximum absolute atomic E-state index is 5.39. The highest BCUT2D eigenvalue weighted by atomic mass is 32.1. The van der Waals surface area contributed by atoms with Crippen LogP contribution >= 0.6 is 11.3 Å². The summed E-state index contributed by atoms with van der Waals surface area (Å²) < 4.78 is 0. The Morgan fingerprint density at radius 3 is 2.60 bits per heavy atom. The number of benzene rings is 1. The molecule has 20 heavy (non-hydrogen) atoms. The lowest BCUT2D eigenvalue weighted by Crippen LogP contribution is -2.21. The average molecular weight is 284 g/mol. The van der Waals surface area contributed by atoms with Crippen molar-refractivity contribution in [1.82, 2.24) is 4.90 Å². The number of thiophene rings is 1. The highest BCUT2D eigenvalue weighted by Crippen LogP contribution is 2.18. The molecule has 1 aromatic heterocycles. The maximum Gasteiger partial charge on any atom is 0.0772 e. The van der Waals surface area contributed by atoms with Crippen molar-refractivity contribution in [2.24, 2.45) is 5.73 Å². The minimum absolute atomic E-state index is 0.419. The molecule has 0 aliphatic rings. The van der Waals surface area contributed by atoms with Crippen molar-refractivity contribution in [3.8, 4) is 11.8 Å². The molecule has 0 unspecified atom stereocenters. The van der Waals surface area contributed by atoms with E-state index in [4.69, 9.17) is 5.73 Å².